The standard InChI is InChI=1S/C10H12ClN3O/c1-6-2-9(11)13-4-8(6)14-5-7(12)3-10(14)15/h2,4,7H,3,5,12H2,1H3. The number of amides is 1. The average molecular weight is 226 g/mol. The number of hydrogen-bond acceptors (Lipinski definition) is 3. The van der Waals surface area contributed by atoms with Crippen LogP contribution in [0.5, 0.6) is 0 Å². The van der Waals surface area contributed by atoms with Crippen molar-refractivity contribution in [1.82, 2.24) is 4.98 Å². The zero-order chi connectivity index (χ0) is 11.0. The summed E-state index contributed by atoms with van der Waals surface area (Å²) in [7, 11) is 0. The summed E-state index contributed by atoms with van der Waals surface area (Å²) in [5.74, 6) is 0.0507. The van der Waals surface area contributed by atoms with Crippen molar-refractivity contribution in [2.45, 2.75) is 19.4 Å². The van der Waals surface area contributed by atoms with Crippen LogP contribution in [-0.2, 0) is 4.79 Å². The minimum Gasteiger partial charge on any atom is -0.326 e. The molecule has 0 aromatic carbocycles. The molecule has 2 N–H and O–H groups in total. The van der Waals surface area contributed by atoms with Gasteiger partial charge in [-0.05, 0) is 18.6 Å². The molecular weight excluding hydrogens is 214 g/mol. The second-order valence-corrected chi connectivity index (χ2v) is 4.15. The molecule has 0 bridgehead atoms. The smallest absolute Gasteiger partial charge is 0.228 e. The van der Waals surface area contributed by atoms with Gasteiger partial charge in [-0.15, -0.1) is 0 Å². The molecule has 1 fully saturated rings. The third kappa shape index (κ3) is 1.96. The van der Waals surface area contributed by atoms with E-state index in [-0.39, 0.29) is 11.9 Å². The van der Waals surface area contributed by atoms with Crippen LogP contribution in [-0.4, -0.2) is 23.5 Å². The van der Waals surface area contributed by atoms with E-state index in [4.69, 9.17) is 17.3 Å². The second kappa shape index (κ2) is 3.79. The molecule has 1 amide bonds. The largest absolute Gasteiger partial charge is 0.326 e. The van der Waals surface area contributed by atoms with Gasteiger partial charge in [-0.25, -0.2) is 4.98 Å². The quantitative estimate of drug-likeness (QED) is 0.729. The number of carbonyl (C=O) groups excluding carboxylic acids is 1. The molecule has 80 valence electrons. The Hall–Kier alpha value is -1.13. The molecule has 1 aromatic heterocycles. The van der Waals surface area contributed by atoms with Gasteiger partial charge in [0.15, 0.2) is 0 Å². The summed E-state index contributed by atoms with van der Waals surface area (Å²) < 4.78 is 0. The first-order valence-electron chi connectivity index (χ1n) is 4.76. The lowest BCUT2D eigenvalue weighted by molar-refractivity contribution is -0.117. The molecule has 0 aliphatic carbocycles. The molecule has 1 unspecified atom stereocenters. The summed E-state index contributed by atoms with van der Waals surface area (Å²) in [5, 5.41) is 0.437. The number of hydrogen-bond donors (Lipinski definition) is 1. The Morgan fingerprint density at radius 1 is 1.67 bits per heavy atom. The Kier molecular flexibility index (Phi) is 2.63. The summed E-state index contributed by atoms with van der Waals surface area (Å²) in [6, 6.07) is 1.67. The van der Waals surface area contributed by atoms with Crippen molar-refractivity contribution in [2.24, 2.45) is 5.73 Å². The maximum absolute atomic E-state index is 11.6. The fraction of sp³-hybridized carbons (Fsp3) is 0.400. The monoisotopic (exact) mass is 225 g/mol. The van der Waals surface area contributed by atoms with E-state index in [0.717, 1.165) is 11.3 Å². The van der Waals surface area contributed by atoms with Crippen LogP contribution in [0.4, 0.5) is 5.69 Å². The van der Waals surface area contributed by atoms with Crippen LogP contribution in [0.25, 0.3) is 0 Å². The lowest BCUT2D eigenvalue weighted by Crippen LogP contribution is -2.28. The predicted molar refractivity (Wildman–Crippen MR) is 58.9 cm³/mol. The first-order valence-corrected chi connectivity index (χ1v) is 5.14. The van der Waals surface area contributed by atoms with Gasteiger partial charge in [0.2, 0.25) is 5.91 Å². The molecule has 5 heteroatoms. The van der Waals surface area contributed by atoms with Crippen LogP contribution >= 0.6 is 11.6 Å². The number of pyridine rings is 1. The molecule has 1 aliphatic heterocycles. The van der Waals surface area contributed by atoms with Gasteiger partial charge in [-0.3, -0.25) is 4.79 Å². The van der Waals surface area contributed by atoms with Gasteiger partial charge in [0.05, 0.1) is 11.9 Å². The number of rotatable bonds is 1. The van der Waals surface area contributed by atoms with Crippen LogP contribution in [0.15, 0.2) is 12.3 Å². The molecule has 1 aromatic rings. The van der Waals surface area contributed by atoms with Crippen LogP contribution in [0.1, 0.15) is 12.0 Å². The predicted octanol–water partition coefficient (Wildman–Crippen LogP) is 1.11. The summed E-state index contributed by atoms with van der Waals surface area (Å²) in [6.45, 7) is 2.46. The lowest BCUT2D eigenvalue weighted by Gasteiger charge is -2.17. The highest BCUT2D eigenvalue weighted by molar-refractivity contribution is 6.29. The van der Waals surface area contributed by atoms with Gasteiger partial charge in [-0.2, -0.15) is 0 Å². The first kappa shape index (κ1) is 10.4. The summed E-state index contributed by atoms with van der Waals surface area (Å²) in [5.41, 5.74) is 7.47. The Morgan fingerprint density at radius 2 is 2.40 bits per heavy atom. The fourth-order valence-corrected chi connectivity index (χ4v) is 1.98. The molecule has 4 nitrogen and oxygen atoms in total. The van der Waals surface area contributed by atoms with E-state index in [2.05, 4.69) is 4.98 Å². The zero-order valence-corrected chi connectivity index (χ0v) is 9.16. The molecule has 1 aliphatic rings. The van der Waals surface area contributed by atoms with Gasteiger partial charge in [0, 0.05) is 19.0 Å². The van der Waals surface area contributed by atoms with E-state index < -0.39 is 0 Å². The minimum absolute atomic E-state index is 0.0507. The third-order valence-corrected chi connectivity index (χ3v) is 2.70. The fourth-order valence-electron chi connectivity index (χ4n) is 1.77. The van der Waals surface area contributed by atoms with Gasteiger partial charge in [0.1, 0.15) is 5.15 Å². The van der Waals surface area contributed by atoms with Crippen molar-refractivity contribution in [2.75, 3.05) is 11.4 Å². The van der Waals surface area contributed by atoms with Gasteiger partial charge < -0.3 is 10.6 Å². The summed E-state index contributed by atoms with van der Waals surface area (Å²) in [6.07, 6.45) is 2.02. The molecule has 2 heterocycles. The molecule has 15 heavy (non-hydrogen) atoms. The molecule has 1 saturated heterocycles. The number of halogens is 1. The SMILES string of the molecule is Cc1cc(Cl)ncc1N1CC(N)CC1=O. The van der Waals surface area contributed by atoms with Crippen molar-refractivity contribution in [3.8, 4) is 0 Å². The highest BCUT2D eigenvalue weighted by Crippen LogP contribution is 2.25. The van der Waals surface area contributed by atoms with Gasteiger partial charge >= 0.3 is 0 Å². The first-order chi connectivity index (χ1) is 7.08. The van der Waals surface area contributed by atoms with Crippen molar-refractivity contribution in [3.63, 3.8) is 0 Å². The number of aromatic nitrogens is 1. The topological polar surface area (TPSA) is 59.2 Å². The highest BCUT2D eigenvalue weighted by Gasteiger charge is 2.29. The molecule has 0 radical (unpaired) electrons. The van der Waals surface area contributed by atoms with Crippen LogP contribution in [0, 0.1) is 6.92 Å². The number of nitrogens with zero attached hydrogens (tertiary/aromatic N) is 2. The van der Waals surface area contributed by atoms with Gasteiger partial charge in [0.25, 0.3) is 0 Å². The number of carbonyl (C=O) groups is 1. The van der Waals surface area contributed by atoms with E-state index in [1.165, 1.54) is 0 Å². The summed E-state index contributed by atoms with van der Waals surface area (Å²) >= 11 is 5.75. The van der Waals surface area contributed by atoms with E-state index in [9.17, 15) is 4.79 Å². The van der Waals surface area contributed by atoms with Crippen LogP contribution < -0.4 is 10.6 Å². The van der Waals surface area contributed by atoms with E-state index >= 15 is 0 Å². The van der Waals surface area contributed by atoms with Crippen molar-refractivity contribution in [3.05, 3.63) is 23.0 Å². The maximum Gasteiger partial charge on any atom is 0.228 e. The van der Waals surface area contributed by atoms with E-state index in [1.807, 2.05) is 6.92 Å². The normalized spacial score (nSPS) is 21.1. The molecule has 0 saturated carbocycles. The highest BCUT2D eigenvalue weighted by atomic mass is 35.5. The van der Waals surface area contributed by atoms with Crippen LogP contribution in [0.2, 0.25) is 5.15 Å². The van der Waals surface area contributed by atoms with Crippen molar-refractivity contribution in [1.29, 1.82) is 0 Å². The van der Waals surface area contributed by atoms with Gasteiger partial charge in [-0.1, -0.05) is 11.6 Å². The third-order valence-electron chi connectivity index (χ3n) is 2.50. The summed E-state index contributed by atoms with van der Waals surface area (Å²) in [4.78, 5) is 17.3. The molecule has 0 spiro atoms. The lowest BCUT2D eigenvalue weighted by atomic mass is 10.2. The Balaban J connectivity index is 2.34. The van der Waals surface area contributed by atoms with Crippen LogP contribution in [0.3, 0.4) is 0 Å². The number of nitrogens with two attached hydrogens (primary N) is 1. The molecule has 1 atom stereocenters. The Labute approximate surface area is 93.0 Å². The number of aryl methyl sites for hydroxylation is 1. The second-order valence-electron chi connectivity index (χ2n) is 3.76. The maximum atomic E-state index is 11.6. The van der Waals surface area contributed by atoms with E-state index in [1.54, 1.807) is 17.2 Å². The molecular formula is C10H12ClN3O. The van der Waals surface area contributed by atoms with E-state index in [0.29, 0.717) is 18.1 Å². The number of anilines is 1. The minimum atomic E-state index is -0.0763. The zero-order valence-electron chi connectivity index (χ0n) is 8.40. The van der Waals surface area contributed by atoms with Crippen molar-refractivity contribution < 1.29 is 4.79 Å². The Morgan fingerprint density at radius 3 is 2.93 bits per heavy atom. The van der Waals surface area contributed by atoms with Crippen molar-refractivity contribution >= 4 is 23.2 Å². The average Bonchev–Trinajstić information content (AvgIpc) is 2.45. The Bertz CT molecular complexity index is 408. The molecule has 2 rings (SSSR count).